The van der Waals surface area contributed by atoms with Crippen LogP contribution in [-0.2, 0) is 0 Å². The summed E-state index contributed by atoms with van der Waals surface area (Å²) in [4.78, 5) is 13.0. The molecule has 0 spiro atoms. The third-order valence-electron chi connectivity index (χ3n) is 9.75. The van der Waals surface area contributed by atoms with Crippen LogP contribution < -0.4 is 5.32 Å². The molecule has 8 aromatic rings. The fourth-order valence-electron chi connectivity index (χ4n) is 7.46. The molecule has 10 rings (SSSR count). The summed E-state index contributed by atoms with van der Waals surface area (Å²) in [6.45, 7) is 0.703. The minimum atomic E-state index is -0.388. The molecule has 1 unspecified atom stereocenters. The van der Waals surface area contributed by atoms with Crippen molar-refractivity contribution < 1.29 is 8.83 Å². The maximum Gasteiger partial charge on any atom is 0.160 e. The standard InChI is InChI=1S/C43H30N4O2/c1-47-42(29-22-21-26-11-5-6-14-28(26)25-29)45-41(32-16-9-19-35-37(32)31-15-7-8-18-34(31)48-35)46-43(47)33-17-10-20-36-38(33)39-40(49-36)30(23-24-44-39)27-12-3-2-4-13-27/h2-23,25,43-44H,24H2,1H3. The number of aliphatic imine (C=N–C) groups is 2. The number of para-hydroxylation sites is 1. The monoisotopic (exact) mass is 634 g/mol. The van der Waals surface area contributed by atoms with Gasteiger partial charge >= 0.3 is 0 Å². The molecule has 2 aromatic heterocycles. The first-order chi connectivity index (χ1) is 24.2. The summed E-state index contributed by atoms with van der Waals surface area (Å²) in [5, 5.41) is 9.09. The molecule has 0 amide bonds. The Balaban J connectivity index is 1.20. The third-order valence-corrected chi connectivity index (χ3v) is 9.75. The Morgan fingerprint density at radius 1 is 0.673 bits per heavy atom. The number of anilines is 1. The quantitative estimate of drug-likeness (QED) is 0.209. The summed E-state index contributed by atoms with van der Waals surface area (Å²) >= 11 is 0. The Hall–Kier alpha value is -6.40. The van der Waals surface area contributed by atoms with Crippen LogP contribution in [0.15, 0.2) is 158 Å². The van der Waals surface area contributed by atoms with Crippen LogP contribution in [0.3, 0.4) is 0 Å². The van der Waals surface area contributed by atoms with E-state index in [1.54, 1.807) is 0 Å². The zero-order chi connectivity index (χ0) is 32.5. The van der Waals surface area contributed by atoms with Crippen molar-refractivity contribution in [1.82, 2.24) is 4.90 Å². The van der Waals surface area contributed by atoms with Crippen molar-refractivity contribution in [2.45, 2.75) is 6.17 Å². The normalized spacial score (nSPS) is 16.1. The number of nitrogens with zero attached hydrogens (tertiary/aromatic N) is 3. The number of amidine groups is 2. The SMILES string of the molecule is CN1C(c2ccc3ccccc3c2)=NC(c2cccc3oc4ccccc4c23)=NC1c1cccc2oc3c(c12)NCC=C3c1ccccc1. The predicted molar refractivity (Wildman–Crippen MR) is 199 cm³/mol. The summed E-state index contributed by atoms with van der Waals surface area (Å²) in [6.07, 6.45) is 1.81. The van der Waals surface area contributed by atoms with Gasteiger partial charge in [0, 0.05) is 46.6 Å². The van der Waals surface area contributed by atoms with Gasteiger partial charge in [-0.2, -0.15) is 0 Å². The molecular weight excluding hydrogens is 604 g/mol. The molecule has 0 saturated carbocycles. The molecule has 0 saturated heterocycles. The second-order valence-electron chi connectivity index (χ2n) is 12.6. The van der Waals surface area contributed by atoms with Gasteiger partial charge in [0.05, 0.1) is 11.1 Å². The first kappa shape index (κ1) is 27.7. The summed E-state index contributed by atoms with van der Waals surface area (Å²) in [5.41, 5.74) is 8.70. The van der Waals surface area contributed by atoms with Crippen LogP contribution in [0, 0.1) is 0 Å². The van der Waals surface area contributed by atoms with Gasteiger partial charge < -0.3 is 19.1 Å². The van der Waals surface area contributed by atoms with Gasteiger partial charge in [0.25, 0.3) is 0 Å². The van der Waals surface area contributed by atoms with Gasteiger partial charge in [-0.05, 0) is 40.6 Å². The smallest absolute Gasteiger partial charge is 0.160 e. The highest BCUT2D eigenvalue weighted by Crippen LogP contribution is 2.45. The lowest BCUT2D eigenvalue weighted by Crippen LogP contribution is -2.35. The molecule has 6 heteroatoms. The van der Waals surface area contributed by atoms with Gasteiger partial charge in [0.1, 0.15) is 22.6 Å². The maximum atomic E-state index is 6.65. The fraction of sp³-hybridized carbons (Fsp3) is 0.0698. The number of benzene rings is 6. The Morgan fingerprint density at radius 2 is 1.43 bits per heavy atom. The van der Waals surface area contributed by atoms with Gasteiger partial charge in [-0.25, -0.2) is 9.98 Å². The van der Waals surface area contributed by atoms with E-state index in [0.29, 0.717) is 12.4 Å². The van der Waals surface area contributed by atoms with E-state index in [4.69, 9.17) is 18.8 Å². The van der Waals surface area contributed by atoms with Crippen LogP contribution in [0.5, 0.6) is 0 Å². The number of nitrogens with one attached hydrogen (secondary N) is 1. The average molecular weight is 635 g/mol. The van der Waals surface area contributed by atoms with Crippen molar-refractivity contribution in [3.63, 3.8) is 0 Å². The van der Waals surface area contributed by atoms with Crippen LogP contribution in [0.1, 0.15) is 34.2 Å². The highest BCUT2D eigenvalue weighted by molar-refractivity contribution is 6.22. The molecule has 0 fully saturated rings. The molecule has 0 radical (unpaired) electrons. The topological polar surface area (TPSA) is 66.3 Å². The van der Waals surface area contributed by atoms with Crippen LogP contribution in [0.25, 0.3) is 49.3 Å². The molecule has 6 nitrogen and oxygen atoms in total. The molecule has 2 aliphatic rings. The highest BCUT2D eigenvalue weighted by Gasteiger charge is 2.32. The minimum Gasteiger partial charge on any atom is -0.456 e. The van der Waals surface area contributed by atoms with Crippen molar-refractivity contribution in [1.29, 1.82) is 0 Å². The van der Waals surface area contributed by atoms with Gasteiger partial charge in [0.15, 0.2) is 17.8 Å². The fourth-order valence-corrected chi connectivity index (χ4v) is 7.46. The Bertz CT molecular complexity index is 2700. The van der Waals surface area contributed by atoms with Gasteiger partial charge in [0.2, 0.25) is 0 Å². The Morgan fingerprint density at radius 3 is 2.33 bits per heavy atom. The molecule has 0 bridgehead atoms. The van der Waals surface area contributed by atoms with E-state index in [0.717, 1.165) is 83.4 Å². The molecule has 234 valence electrons. The lowest BCUT2D eigenvalue weighted by Gasteiger charge is -2.33. The van der Waals surface area contributed by atoms with E-state index >= 15 is 0 Å². The van der Waals surface area contributed by atoms with E-state index in [9.17, 15) is 0 Å². The first-order valence-electron chi connectivity index (χ1n) is 16.6. The molecule has 2 aliphatic heterocycles. The Kier molecular flexibility index (Phi) is 6.12. The summed E-state index contributed by atoms with van der Waals surface area (Å²) < 4.78 is 12.9. The van der Waals surface area contributed by atoms with Crippen molar-refractivity contribution in [3.8, 4) is 0 Å². The van der Waals surface area contributed by atoms with Crippen molar-refractivity contribution in [2.24, 2.45) is 9.98 Å². The van der Waals surface area contributed by atoms with E-state index < -0.39 is 0 Å². The molecule has 4 heterocycles. The van der Waals surface area contributed by atoms with Crippen molar-refractivity contribution >= 4 is 66.6 Å². The zero-order valence-corrected chi connectivity index (χ0v) is 26.7. The maximum absolute atomic E-state index is 6.65. The summed E-state index contributed by atoms with van der Waals surface area (Å²) in [6, 6.07) is 46.0. The average Bonchev–Trinajstić information content (AvgIpc) is 3.74. The van der Waals surface area contributed by atoms with Crippen LogP contribution in [-0.4, -0.2) is 30.2 Å². The third kappa shape index (κ3) is 4.34. The lowest BCUT2D eigenvalue weighted by molar-refractivity contribution is 0.385. The van der Waals surface area contributed by atoms with Crippen LogP contribution in [0.4, 0.5) is 5.69 Å². The summed E-state index contributed by atoms with van der Waals surface area (Å²) in [7, 11) is 2.08. The van der Waals surface area contributed by atoms with Crippen molar-refractivity contribution in [3.05, 3.63) is 168 Å². The number of hydrogen-bond donors (Lipinski definition) is 1. The second kappa shape index (κ2) is 10.8. The van der Waals surface area contributed by atoms with Gasteiger partial charge in [-0.15, -0.1) is 0 Å². The number of fused-ring (bicyclic) bond motifs is 7. The molecule has 1 atom stereocenters. The summed E-state index contributed by atoms with van der Waals surface area (Å²) in [5.74, 6) is 2.36. The molecule has 6 aromatic carbocycles. The molecular formula is C43H30N4O2. The number of rotatable bonds is 4. The second-order valence-corrected chi connectivity index (χ2v) is 12.6. The highest BCUT2D eigenvalue weighted by atomic mass is 16.3. The van der Waals surface area contributed by atoms with Crippen LogP contribution in [0.2, 0.25) is 0 Å². The van der Waals surface area contributed by atoms with E-state index in [2.05, 4.69) is 114 Å². The van der Waals surface area contributed by atoms with Gasteiger partial charge in [-0.1, -0.05) is 115 Å². The van der Waals surface area contributed by atoms with E-state index in [-0.39, 0.29) is 6.17 Å². The molecule has 49 heavy (non-hydrogen) atoms. The number of furan rings is 2. The Labute approximate surface area is 282 Å². The zero-order valence-electron chi connectivity index (χ0n) is 26.7. The van der Waals surface area contributed by atoms with Crippen molar-refractivity contribution in [2.75, 3.05) is 18.9 Å². The first-order valence-corrected chi connectivity index (χ1v) is 16.6. The van der Waals surface area contributed by atoms with E-state index in [1.165, 1.54) is 5.39 Å². The van der Waals surface area contributed by atoms with Crippen LogP contribution >= 0.6 is 0 Å². The minimum absolute atomic E-state index is 0.388. The molecule has 1 N–H and O–H groups in total. The van der Waals surface area contributed by atoms with E-state index in [1.807, 2.05) is 42.5 Å². The van der Waals surface area contributed by atoms with Gasteiger partial charge in [-0.3, -0.25) is 0 Å². The molecule has 0 aliphatic carbocycles. The lowest BCUT2D eigenvalue weighted by atomic mass is 9.97. The largest absolute Gasteiger partial charge is 0.456 e. The predicted octanol–water partition coefficient (Wildman–Crippen LogP) is 10.2. The number of hydrogen-bond acceptors (Lipinski definition) is 6.